The molecular formula is C20H21N7. The SMILES string of the molecule is C=C1CCCCN1Cc1nc2c(N)nc3cc(-c4cc[nH]n4)ccc3c2[nH]1. The quantitative estimate of drug-likeness (QED) is 0.519. The highest BCUT2D eigenvalue weighted by Crippen LogP contribution is 2.30. The van der Waals surface area contributed by atoms with Crippen molar-refractivity contribution in [1.29, 1.82) is 0 Å². The maximum Gasteiger partial charge on any atom is 0.152 e. The lowest BCUT2D eigenvalue weighted by Gasteiger charge is -2.30. The first kappa shape index (κ1) is 15.9. The van der Waals surface area contributed by atoms with Gasteiger partial charge in [0.1, 0.15) is 11.3 Å². The third-order valence-electron chi connectivity index (χ3n) is 5.23. The average molecular weight is 359 g/mol. The second kappa shape index (κ2) is 6.12. The number of hydrogen-bond donors (Lipinski definition) is 3. The summed E-state index contributed by atoms with van der Waals surface area (Å²) in [7, 11) is 0. The average Bonchev–Trinajstić information content (AvgIpc) is 3.33. The van der Waals surface area contributed by atoms with E-state index in [-0.39, 0.29) is 0 Å². The molecule has 1 aliphatic heterocycles. The molecule has 1 saturated heterocycles. The minimum Gasteiger partial charge on any atom is -0.382 e. The van der Waals surface area contributed by atoms with Gasteiger partial charge in [0.2, 0.25) is 0 Å². The number of fused-ring (bicyclic) bond motifs is 3. The van der Waals surface area contributed by atoms with Gasteiger partial charge >= 0.3 is 0 Å². The van der Waals surface area contributed by atoms with E-state index in [1.165, 1.54) is 18.5 Å². The van der Waals surface area contributed by atoms with Crippen LogP contribution in [0.1, 0.15) is 25.1 Å². The Kier molecular flexibility index (Phi) is 3.60. The van der Waals surface area contributed by atoms with Crippen LogP contribution in [0.2, 0.25) is 0 Å². The number of piperidine rings is 1. The number of anilines is 1. The Bertz CT molecular complexity index is 1140. The zero-order valence-corrected chi connectivity index (χ0v) is 15.0. The Balaban J connectivity index is 1.58. The topological polar surface area (TPSA) is 99.5 Å². The first-order valence-corrected chi connectivity index (χ1v) is 9.20. The number of allylic oxidation sites excluding steroid dienone is 1. The molecule has 4 heterocycles. The van der Waals surface area contributed by atoms with E-state index >= 15 is 0 Å². The molecule has 27 heavy (non-hydrogen) atoms. The maximum absolute atomic E-state index is 6.22. The third-order valence-corrected chi connectivity index (χ3v) is 5.23. The van der Waals surface area contributed by atoms with Crippen molar-refractivity contribution in [2.75, 3.05) is 12.3 Å². The van der Waals surface area contributed by atoms with E-state index in [4.69, 9.17) is 10.7 Å². The number of aromatic amines is 2. The summed E-state index contributed by atoms with van der Waals surface area (Å²) in [6.45, 7) is 5.93. The molecule has 3 aromatic heterocycles. The number of imidazole rings is 1. The number of H-pyrrole nitrogens is 2. The second-order valence-electron chi connectivity index (χ2n) is 7.04. The van der Waals surface area contributed by atoms with E-state index in [2.05, 4.69) is 37.7 Å². The summed E-state index contributed by atoms with van der Waals surface area (Å²) in [4.78, 5) is 15.1. The smallest absolute Gasteiger partial charge is 0.152 e. The number of rotatable bonds is 3. The number of aromatic nitrogens is 5. The number of pyridine rings is 1. The fraction of sp³-hybridized carbons (Fsp3) is 0.250. The number of benzene rings is 1. The Morgan fingerprint density at radius 3 is 2.93 bits per heavy atom. The van der Waals surface area contributed by atoms with E-state index in [9.17, 15) is 0 Å². The molecule has 7 heteroatoms. The van der Waals surface area contributed by atoms with Gasteiger partial charge in [0.15, 0.2) is 5.82 Å². The van der Waals surface area contributed by atoms with Gasteiger partial charge < -0.3 is 15.6 Å². The summed E-state index contributed by atoms with van der Waals surface area (Å²) >= 11 is 0. The molecule has 0 atom stereocenters. The lowest BCUT2D eigenvalue weighted by Crippen LogP contribution is -2.27. The predicted octanol–water partition coefficient (Wildman–Crippen LogP) is 3.58. The van der Waals surface area contributed by atoms with E-state index in [0.717, 1.165) is 58.5 Å². The van der Waals surface area contributed by atoms with Crippen LogP contribution in [0.5, 0.6) is 0 Å². The third kappa shape index (κ3) is 2.71. The van der Waals surface area contributed by atoms with Crippen LogP contribution >= 0.6 is 0 Å². The molecule has 136 valence electrons. The monoisotopic (exact) mass is 359 g/mol. The van der Waals surface area contributed by atoms with Crippen molar-refractivity contribution in [3.05, 3.63) is 48.6 Å². The molecule has 0 unspecified atom stereocenters. The van der Waals surface area contributed by atoms with E-state index in [0.29, 0.717) is 5.82 Å². The van der Waals surface area contributed by atoms with Gasteiger partial charge in [-0.3, -0.25) is 5.10 Å². The highest BCUT2D eigenvalue weighted by molar-refractivity contribution is 6.07. The van der Waals surface area contributed by atoms with Crippen LogP contribution in [0.4, 0.5) is 5.82 Å². The van der Waals surface area contributed by atoms with Gasteiger partial charge in [0.05, 0.1) is 23.3 Å². The molecule has 0 radical (unpaired) electrons. The Morgan fingerprint density at radius 1 is 1.19 bits per heavy atom. The number of nitrogens with two attached hydrogens (primary N) is 1. The molecular weight excluding hydrogens is 338 g/mol. The maximum atomic E-state index is 6.22. The standard InChI is InChI=1S/C20H21N7/c1-12-4-2-3-9-27(12)11-17-24-18-14-6-5-13(15-7-8-22-26-15)10-16(14)23-20(21)19(18)25-17/h5-8,10H,1-4,9,11H2,(H2,21,23)(H,22,26)(H,24,25). The molecule has 4 aromatic rings. The fourth-order valence-electron chi connectivity index (χ4n) is 3.80. The molecule has 1 fully saturated rings. The van der Waals surface area contributed by atoms with Gasteiger partial charge in [-0.2, -0.15) is 5.10 Å². The van der Waals surface area contributed by atoms with Crippen LogP contribution in [0, 0.1) is 0 Å². The zero-order chi connectivity index (χ0) is 18.4. The summed E-state index contributed by atoms with van der Waals surface area (Å²) in [6.07, 6.45) is 5.28. The van der Waals surface area contributed by atoms with E-state index in [1.807, 2.05) is 18.2 Å². The Hall–Kier alpha value is -3.35. The first-order chi connectivity index (χ1) is 13.2. The molecule has 0 amide bonds. The molecule has 5 rings (SSSR count). The molecule has 0 aliphatic carbocycles. The van der Waals surface area contributed by atoms with Crippen molar-refractivity contribution in [3.63, 3.8) is 0 Å². The van der Waals surface area contributed by atoms with Crippen molar-refractivity contribution in [3.8, 4) is 11.3 Å². The van der Waals surface area contributed by atoms with Gasteiger partial charge in [-0.15, -0.1) is 0 Å². The summed E-state index contributed by atoms with van der Waals surface area (Å²) in [5, 5.41) is 8.09. The van der Waals surface area contributed by atoms with Crippen molar-refractivity contribution in [2.24, 2.45) is 0 Å². The summed E-state index contributed by atoms with van der Waals surface area (Å²) in [5.74, 6) is 1.34. The minimum atomic E-state index is 0.441. The Labute approximate surface area is 156 Å². The summed E-state index contributed by atoms with van der Waals surface area (Å²) < 4.78 is 0. The molecule has 1 aromatic carbocycles. The normalized spacial score (nSPS) is 15.1. The van der Waals surface area contributed by atoms with Crippen LogP contribution in [-0.2, 0) is 6.54 Å². The van der Waals surface area contributed by atoms with Gasteiger partial charge in [-0.25, -0.2) is 9.97 Å². The van der Waals surface area contributed by atoms with Crippen molar-refractivity contribution in [2.45, 2.75) is 25.8 Å². The fourth-order valence-corrected chi connectivity index (χ4v) is 3.80. The highest BCUT2D eigenvalue weighted by atomic mass is 15.2. The molecule has 0 spiro atoms. The van der Waals surface area contributed by atoms with Crippen LogP contribution in [-0.4, -0.2) is 36.6 Å². The van der Waals surface area contributed by atoms with Crippen molar-refractivity contribution >= 4 is 27.8 Å². The van der Waals surface area contributed by atoms with Crippen LogP contribution in [0.15, 0.2) is 42.7 Å². The van der Waals surface area contributed by atoms with E-state index in [1.54, 1.807) is 6.20 Å². The lowest BCUT2D eigenvalue weighted by atomic mass is 10.1. The largest absolute Gasteiger partial charge is 0.382 e. The number of nitrogens with one attached hydrogen (secondary N) is 2. The van der Waals surface area contributed by atoms with Gasteiger partial charge in [-0.1, -0.05) is 12.6 Å². The Morgan fingerprint density at radius 2 is 2.11 bits per heavy atom. The molecule has 0 saturated carbocycles. The zero-order valence-electron chi connectivity index (χ0n) is 15.0. The molecule has 4 N–H and O–H groups in total. The molecule has 0 bridgehead atoms. The van der Waals surface area contributed by atoms with Crippen LogP contribution < -0.4 is 5.73 Å². The first-order valence-electron chi connectivity index (χ1n) is 9.20. The van der Waals surface area contributed by atoms with Gasteiger partial charge in [0.25, 0.3) is 0 Å². The number of nitrogens with zero attached hydrogens (tertiary/aromatic N) is 4. The van der Waals surface area contributed by atoms with Crippen molar-refractivity contribution in [1.82, 2.24) is 30.0 Å². The summed E-state index contributed by atoms with van der Waals surface area (Å²) in [5.41, 5.74) is 11.8. The minimum absolute atomic E-state index is 0.441. The number of likely N-dealkylation sites (tertiary alicyclic amines) is 1. The van der Waals surface area contributed by atoms with Crippen LogP contribution in [0.25, 0.3) is 33.2 Å². The van der Waals surface area contributed by atoms with E-state index < -0.39 is 0 Å². The number of hydrogen-bond acceptors (Lipinski definition) is 5. The second-order valence-corrected chi connectivity index (χ2v) is 7.04. The molecule has 1 aliphatic rings. The number of nitrogen functional groups attached to an aromatic ring is 1. The predicted molar refractivity (Wildman–Crippen MR) is 107 cm³/mol. The van der Waals surface area contributed by atoms with Crippen molar-refractivity contribution < 1.29 is 0 Å². The van der Waals surface area contributed by atoms with Gasteiger partial charge in [0, 0.05) is 29.4 Å². The molecule has 7 nitrogen and oxygen atoms in total. The highest BCUT2D eigenvalue weighted by Gasteiger charge is 2.17. The van der Waals surface area contributed by atoms with Gasteiger partial charge in [-0.05, 0) is 37.5 Å². The summed E-state index contributed by atoms with van der Waals surface area (Å²) in [6, 6.07) is 8.04. The van der Waals surface area contributed by atoms with Crippen LogP contribution in [0.3, 0.4) is 0 Å². The lowest BCUT2D eigenvalue weighted by molar-refractivity contribution is 0.279.